The first-order valence-electron chi connectivity index (χ1n) is 6.75. The molecule has 1 fully saturated rings. The molecule has 2 N–H and O–H groups in total. The van der Waals surface area contributed by atoms with Gasteiger partial charge in [-0.3, -0.25) is 4.98 Å². The van der Waals surface area contributed by atoms with Crippen molar-refractivity contribution in [2.24, 2.45) is 5.73 Å². The van der Waals surface area contributed by atoms with Crippen LogP contribution in [0.2, 0.25) is 0 Å². The van der Waals surface area contributed by atoms with Gasteiger partial charge in [-0.05, 0) is 45.1 Å². The Balaban J connectivity index is 2.32. The van der Waals surface area contributed by atoms with E-state index in [4.69, 9.17) is 18.0 Å². The second kappa shape index (κ2) is 6.35. The van der Waals surface area contributed by atoms with Crippen LogP contribution in [0.1, 0.15) is 18.5 Å². The van der Waals surface area contributed by atoms with Crippen molar-refractivity contribution in [1.29, 1.82) is 0 Å². The van der Waals surface area contributed by atoms with Gasteiger partial charge in [0.15, 0.2) is 0 Å². The van der Waals surface area contributed by atoms with Gasteiger partial charge in [0.25, 0.3) is 0 Å². The summed E-state index contributed by atoms with van der Waals surface area (Å²) in [6, 6.07) is 3.07. The molecule has 1 aliphatic rings. The molecule has 1 saturated heterocycles. The third-order valence-corrected chi connectivity index (χ3v) is 6.00. The highest BCUT2D eigenvalue weighted by atomic mass is 32.2. The van der Waals surface area contributed by atoms with Gasteiger partial charge in [0.05, 0.1) is 0 Å². The minimum Gasteiger partial charge on any atom is -0.388 e. The van der Waals surface area contributed by atoms with Crippen LogP contribution in [0.15, 0.2) is 23.2 Å². The molecule has 0 spiro atoms. The van der Waals surface area contributed by atoms with Gasteiger partial charge in [-0.15, -0.1) is 0 Å². The van der Waals surface area contributed by atoms with Gasteiger partial charge in [0.2, 0.25) is 10.0 Å². The number of aromatic nitrogens is 1. The van der Waals surface area contributed by atoms with Crippen molar-refractivity contribution in [2.45, 2.75) is 23.8 Å². The molecule has 6 nitrogen and oxygen atoms in total. The zero-order chi connectivity index (χ0) is 15.6. The largest absolute Gasteiger partial charge is 0.388 e. The van der Waals surface area contributed by atoms with E-state index < -0.39 is 10.0 Å². The molecular weight excluding hydrogens is 308 g/mol. The maximum atomic E-state index is 12.8. The van der Waals surface area contributed by atoms with Crippen LogP contribution < -0.4 is 5.73 Å². The smallest absolute Gasteiger partial charge is 0.245 e. The second-order valence-corrected chi connectivity index (χ2v) is 7.68. The van der Waals surface area contributed by atoms with Gasteiger partial charge in [0.1, 0.15) is 15.6 Å². The van der Waals surface area contributed by atoms with Gasteiger partial charge in [-0.2, -0.15) is 4.31 Å². The Morgan fingerprint density at radius 2 is 2.10 bits per heavy atom. The summed E-state index contributed by atoms with van der Waals surface area (Å²) >= 11 is 4.90. The number of nitrogens with two attached hydrogens (primary N) is 1. The molecule has 1 aromatic heterocycles. The van der Waals surface area contributed by atoms with Crippen molar-refractivity contribution in [2.75, 3.05) is 27.2 Å². The Labute approximate surface area is 131 Å². The van der Waals surface area contributed by atoms with Crippen molar-refractivity contribution in [3.8, 4) is 0 Å². The summed E-state index contributed by atoms with van der Waals surface area (Å²) in [5, 5.41) is 0. The van der Waals surface area contributed by atoms with E-state index in [1.165, 1.54) is 16.6 Å². The Morgan fingerprint density at radius 1 is 1.48 bits per heavy atom. The number of rotatable bonds is 4. The Bertz CT molecular complexity index is 625. The number of pyridine rings is 1. The first kappa shape index (κ1) is 16.3. The topological polar surface area (TPSA) is 79.5 Å². The quantitative estimate of drug-likeness (QED) is 0.808. The molecule has 0 aromatic carbocycles. The number of sulfonamides is 1. The van der Waals surface area contributed by atoms with E-state index in [-0.39, 0.29) is 21.6 Å². The lowest BCUT2D eigenvalue weighted by Gasteiger charge is -2.34. The number of nitrogens with zero attached hydrogens (tertiary/aromatic N) is 3. The third-order valence-electron chi connectivity index (χ3n) is 3.86. The normalized spacial score (nSPS) is 18.0. The van der Waals surface area contributed by atoms with E-state index >= 15 is 0 Å². The lowest BCUT2D eigenvalue weighted by Crippen LogP contribution is -2.44. The summed E-state index contributed by atoms with van der Waals surface area (Å²) in [5.41, 5.74) is 5.75. The number of likely N-dealkylation sites (tertiary alicyclic amines) is 1. The molecule has 2 rings (SSSR count). The van der Waals surface area contributed by atoms with Gasteiger partial charge < -0.3 is 10.6 Å². The molecule has 21 heavy (non-hydrogen) atoms. The van der Waals surface area contributed by atoms with Crippen LogP contribution in [0.4, 0.5) is 0 Å². The Hall–Kier alpha value is -1.09. The highest BCUT2D eigenvalue weighted by Crippen LogP contribution is 2.23. The van der Waals surface area contributed by atoms with E-state index in [0.717, 1.165) is 25.9 Å². The standard InChI is InChI=1S/C13H20N4O2S2/c1-16-8-5-10(6-9-16)17(2)21(18,19)11-4-3-7-15-12(11)13(14)20/h3-4,7,10H,5-6,8-9H2,1-2H3,(H2,14,20). The van der Waals surface area contributed by atoms with Gasteiger partial charge in [0, 0.05) is 19.3 Å². The average molecular weight is 328 g/mol. The fourth-order valence-electron chi connectivity index (χ4n) is 2.49. The lowest BCUT2D eigenvalue weighted by atomic mass is 10.1. The molecule has 0 amide bonds. The van der Waals surface area contributed by atoms with Crippen LogP contribution >= 0.6 is 12.2 Å². The molecule has 0 aliphatic carbocycles. The summed E-state index contributed by atoms with van der Waals surface area (Å²) in [6.07, 6.45) is 3.12. The summed E-state index contributed by atoms with van der Waals surface area (Å²) in [4.78, 5) is 6.27. The van der Waals surface area contributed by atoms with Crippen molar-refractivity contribution in [3.05, 3.63) is 24.0 Å². The summed E-state index contributed by atoms with van der Waals surface area (Å²) in [7, 11) is 0.00431. The molecule has 8 heteroatoms. The van der Waals surface area contributed by atoms with E-state index in [9.17, 15) is 8.42 Å². The fraction of sp³-hybridized carbons (Fsp3) is 0.538. The van der Waals surface area contributed by atoms with Crippen LogP contribution in [0.5, 0.6) is 0 Å². The monoisotopic (exact) mass is 328 g/mol. The van der Waals surface area contributed by atoms with Crippen molar-refractivity contribution >= 4 is 27.2 Å². The molecule has 2 heterocycles. The molecule has 0 saturated carbocycles. The van der Waals surface area contributed by atoms with Crippen LogP contribution in [-0.4, -0.2) is 60.8 Å². The molecule has 116 valence electrons. The van der Waals surface area contributed by atoms with E-state index in [2.05, 4.69) is 9.88 Å². The van der Waals surface area contributed by atoms with Crippen LogP contribution in [-0.2, 0) is 10.0 Å². The maximum absolute atomic E-state index is 12.8. The van der Waals surface area contributed by atoms with Crippen LogP contribution in [0.25, 0.3) is 0 Å². The van der Waals surface area contributed by atoms with Crippen LogP contribution in [0.3, 0.4) is 0 Å². The Kier molecular flexibility index (Phi) is 4.92. The first-order chi connectivity index (χ1) is 9.84. The second-order valence-electron chi connectivity index (χ2n) is 5.27. The number of hydrogen-bond acceptors (Lipinski definition) is 5. The summed E-state index contributed by atoms with van der Waals surface area (Å²) in [6.45, 7) is 1.78. The average Bonchev–Trinajstić information content (AvgIpc) is 2.47. The predicted molar refractivity (Wildman–Crippen MR) is 85.6 cm³/mol. The summed E-state index contributed by atoms with van der Waals surface area (Å²) in [5.74, 6) is 0. The predicted octanol–water partition coefficient (Wildman–Crippen LogP) is 0.431. The Morgan fingerprint density at radius 3 is 2.67 bits per heavy atom. The highest BCUT2D eigenvalue weighted by molar-refractivity contribution is 7.89. The van der Waals surface area contributed by atoms with E-state index in [1.54, 1.807) is 13.1 Å². The molecule has 0 unspecified atom stereocenters. The van der Waals surface area contributed by atoms with Gasteiger partial charge in [-0.1, -0.05) is 12.2 Å². The minimum atomic E-state index is -3.65. The van der Waals surface area contributed by atoms with Crippen molar-refractivity contribution in [3.63, 3.8) is 0 Å². The zero-order valence-electron chi connectivity index (χ0n) is 12.2. The van der Waals surface area contributed by atoms with Gasteiger partial charge >= 0.3 is 0 Å². The summed E-state index contributed by atoms with van der Waals surface area (Å²) < 4.78 is 27.0. The molecule has 1 aliphatic heterocycles. The first-order valence-corrected chi connectivity index (χ1v) is 8.60. The molecule has 0 radical (unpaired) electrons. The zero-order valence-corrected chi connectivity index (χ0v) is 13.8. The molecule has 0 bridgehead atoms. The fourth-order valence-corrected chi connectivity index (χ4v) is 4.29. The highest BCUT2D eigenvalue weighted by Gasteiger charge is 2.32. The minimum absolute atomic E-state index is 0.00838. The van der Waals surface area contributed by atoms with Crippen LogP contribution in [0, 0.1) is 0 Å². The lowest BCUT2D eigenvalue weighted by molar-refractivity contribution is 0.197. The van der Waals surface area contributed by atoms with E-state index in [1.807, 2.05) is 7.05 Å². The van der Waals surface area contributed by atoms with Crippen molar-refractivity contribution in [1.82, 2.24) is 14.2 Å². The maximum Gasteiger partial charge on any atom is 0.245 e. The number of hydrogen-bond donors (Lipinski definition) is 1. The molecule has 0 atom stereocenters. The SMILES string of the molecule is CN1CCC(N(C)S(=O)(=O)c2cccnc2C(N)=S)CC1. The van der Waals surface area contributed by atoms with Crippen molar-refractivity contribution < 1.29 is 8.42 Å². The van der Waals surface area contributed by atoms with Gasteiger partial charge in [-0.25, -0.2) is 8.42 Å². The third kappa shape index (κ3) is 3.39. The molecular formula is C13H20N4O2S2. The number of thiocarbonyl (C=S) groups is 1. The molecule has 1 aromatic rings. The number of piperidine rings is 1. The van der Waals surface area contributed by atoms with E-state index in [0.29, 0.717) is 0 Å².